The van der Waals surface area contributed by atoms with Crippen LogP contribution in [0, 0.1) is 5.82 Å². The van der Waals surface area contributed by atoms with Crippen molar-refractivity contribution < 1.29 is 13.9 Å². The Kier molecular flexibility index (Phi) is 7.23. The zero-order valence-electron chi connectivity index (χ0n) is 12.4. The van der Waals surface area contributed by atoms with Crippen LogP contribution in [-0.2, 0) is 10.5 Å². The van der Waals surface area contributed by atoms with Crippen LogP contribution in [0.15, 0.2) is 48.5 Å². The zero-order chi connectivity index (χ0) is 16.5. The standard InChI is InChI=1S/C17H17ClFNO2S/c18-14-6-2-1-5-13(14)12-23-10-9-20-17(21)11-22-16-8-4-3-7-15(16)19/h1-8H,9-12H2,(H,20,21). The first-order valence-corrected chi connectivity index (χ1v) is 8.65. The molecule has 6 heteroatoms. The van der Waals surface area contributed by atoms with Crippen molar-refractivity contribution in [2.75, 3.05) is 18.9 Å². The van der Waals surface area contributed by atoms with Gasteiger partial charge in [0.2, 0.25) is 0 Å². The molecular weight excluding hydrogens is 337 g/mol. The smallest absolute Gasteiger partial charge is 0.257 e. The number of hydrogen-bond acceptors (Lipinski definition) is 3. The molecule has 0 aromatic heterocycles. The fourth-order valence-corrected chi connectivity index (χ4v) is 2.96. The quantitative estimate of drug-likeness (QED) is 0.731. The van der Waals surface area contributed by atoms with Gasteiger partial charge in [0.15, 0.2) is 18.2 Å². The van der Waals surface area contributed by atoms with Crippen molar-refractivity contribution >= 4 is 29.3 Å². The van der Waals surface area contributed by atoms with E-state index in [0.717, 1.165) is 22.1 Å². The summed E-state index contributed by atoms with van der Waals surface area (Å²) < 4.78 is 18.4. The molecule has 2 aromatic carbocycles. The Bertz CT molecular complexity index is 654. The second-order valence-electron chi connectivity index (χ2n) is 4.71. The number of amides is 1. The van der Waals surface area contributed by atoms with Crippen molar-refractivity contribution in [2.24, 2.45) is 0 Å². The Balaban J connectivity index is 1.60. The summed E-state index contributed by atoms with van der Waals surface area (Å²) in [6.07, 6.45) is 0. The van der Waals surface area contributed by atoms with Gasteiger partial charge in [-0.05, 0) is 23.8 Å². The topological polar surface area (TPSA) is 38.3 Å². The normalized spacial score (nSPS) is 10.3. The first-order valence-electron chi connectivity index (χ1n) is 7.12. The summed E-state index contributed by atoms with van der Waals surface area (Å²) in [5, 5.41) is 3.49. The molecule has 2 rings (SSSR count). The molecule has 0 aliphatic carbocycles. The van der Waals surface area contributed by atoms with Crippen molar-refractivity contribution in [1.29, 1.82) is 0 Å². The Morgan fingerprint density at radius 2 is 1.91 bits per heavy atom. The van der Waals surface area contributed by atoms with Gasteiger partial charge >= 0.3 is 0 Å². The Labute approximate surface area is 144 Å². The predicted molar refractivity (Wildman–Crippen MR) is 92.5 cm³/mol. The van der Waals surface area contributed by atoms with Gasteiger partial charge in [-0.15, -0.1) is 0 Å². The van der Waals surface area contributed by atoms with Gasteiger partial charge in [-0.25, -0.2) is 4.39 Å². The molecule has 1 N–H and O–H groups in total. The van der Waals surface area contributed by atoms with Crippen molar-refractivity contribution in [2.45, 2.75) is 5.75 Å². The average Bonchev–Trinajstić information content (AvgIpc) is 2.55. The molecule has 0 atom stereocenters. The first kappa shape index (κ1) is 17.6. The summed E-state index contributed by atoms with van der Waals surface area (Å²) in [7, 11) is 0. The van der Waals surface area contributed by atoms with Gasteiger partial charge in [0.05, 0.1) is 0 Å². The summed E-state index contributed by atoms with van der Waals surface area (Å²) in [4.78, 5) is 11.6. The van der Waals surface area contributed by atoms with Crippen LogP contribution in [0.3, 0.4) is 0 Å². The molecule has 0 aliphatic heterocycles. The van der Waals surface area contributed by atoms with Crippen LogP contribution in [0.4, 0.5) is 4.39 Å². The van der Waals surface area contributed by atoms with E-state index in [9.17, 15) is 9.18 Å². The van der Waals surface area contributed by atoms with Gasteiger partial charge in [-0.3, -0.25) is 4.79 Å². The van der Waals surface area contributed by atoms with Crippen LogP contribution in [-0.4, -0.2) is 24.8 Å². The van der Waals surface area contributed by atoms with Crippen LogP contribution < -0.4 is 10.1 Å². The molecule has 0 unspecified atom stereocenters. The highest BCUT2D eigenvalue weighted by molar-refractivity contribution is 7.98. The molecule has 0 bridgehead atoms. The third-order valence-corrected chi connectivity index (χ3v) is 4.36. The van der Waals surface area contributed by atoms with E-state index in [1.54, 1.807) is 23.9 Å². The molecule has 0 heterocycles. The molecule has 0 saturated heterocycles. The number of carbonyl (C=O) groups excluding carboxylic acids is 1. The van der Waals surface area contributed by atoms with Gasteiger partial charge < -0.3 is 10.1 Å². The maximum Gasteiger partial charge on any atom is 0.257 e. The second kappa shape index (κ2) is 9.43. The van der Waals surface area contributed by atoms with E-state index in [1.165, 1.54) is 12.1 Å². The van der Waals surface area contributed by atoms with Crippen LogP contribution >= 0.6 is 23.4 Å². The van der Waals surface area contributed by atoms with Gasteiger partial charge in [0.1, 0.15) is 0 Å². The number of para-hydroxylation sites is 1. The minimum atomic E-state index is -0.476. The van der Waals surface area contributed by atoms with E-state index in [2.05, 4.69) is 5.32 Å². The number of benzene rings is 2. The summed E-state index contributed by atoms with van der Waals surface area (Å²) in [6, 6.07) is 13.7. The van der Waals surface area contributed by atoms with Gasteiger partial charge in [-0.1, -0.05) is 41.9 Å². The highest BCUT2D eigenvalue weighted by Gasteiger charge is 2.06. The Morgan fingerprint density at radius 3 is 2.70 bits per heavy atom. The number of ether oxygens (including phenoxy) is 1. The molecule has 3 nitrogen and oxygen atoms in total. The van der Waals surface area contributed by atoms with E-state index in [0.29, 0.717) is 6.54 Å². The highest BCUT2D eigenvalue weighted by atomic mass is 35.5. The zero-order valence-corrected chi connectivity index (χ0v) is 14.0. The van der Waals surface area contributed by atoms with E-state index < -0.39 is 5.82 Å². The minimum Gasteiger partial charge on any atom is -0.481 e. The third kappa shape index (κ3) is 6.12. The Morgan fingerprint density at radius 1 is 1.17 bits per heavy atom. The van der Waals surface area contributed by atoms with E-state index >= 15 is 0 Å². The molecule has 0 radical (unpaired) electrons. The SMILES string of the molecule is O=C(COc1ccccc1F)NCCSCc1ccccc1Cl. The van der Waals surface area contributed by atoms with Crippen LogP contribution in [0.2, 0.25) is 5.02 Å². The summed E-state index contributed by atoms with van der Waals surface area (Å²) in [6.45, 7) is 0.324. The van der Waals surface area contributed by atoms with Crippen LogP contribution in [0.5, 0.6) is 5.75 Å². The van der Waals surface area contributed by atoms with Gasteiger partial charge in [0, 0.05) is 23.1 Å². The van der Waals surface area contributed by atoms with Crippen molar-refractivity contribution in [3.8, 4) is 5.75 Å². The van der Waals surface area contributed by atoms with Gasteiger partial charge in [0.25, 0.3) is 5.91 Å². The maximum absolute atomic E-state index is 13.3. The molecule has 0 spiro atoms. The summed E-state index contributed by atoms with van der Waals surface area (Å²) >= 11 is 7.75. The summed E-state index contributed by atoms with van der Waals surface area (Å²) in [5.41, 5.74) is 1.08. The number of rotatable bonds is 8. The lowest BCUT2D eigenvalue weighted by atomic mass is 10.2. The average molecular weight is 354 g/mol. The number of hydrogen-bond donors (Lipinski definition) is 1. The number of thioether (sulfide) groups is 1. The second-order valence-corrected chi connectivity index (χ2v) is 6.23. The van der Waals surface area contributed by atoms with Gasteiger partial charge in [-0.2, -0.15) is 11.8 Å². The minimum absolute atomic E-state index is 0.0794. The predicted octanol–water partition coefficient (Wildman–Crippen LogP) is 3.91. The number of carbonyl (C=O) groups is 1. The van der Waals surface area contributed by atoms with E-state index in [1.807, 2.05) is 24.3 Å². The molecule has 0 saturated carbocycles. The Hall–Kier alpha value is -1.72. The van der Waals surface area contributed by atoms with Crippen molar-refractivity contribution in [1.82, 2.24) is 5.32 Å². The lowest BCUT2D eigenvalue weighted by Crippen LogP contribution is -2.30. The number of halogens is 2. The lowest BCUT2D eigenvalue weighted by Gasteiger charge is -2.08. The molecule has 122 valence electrons. The maximum atomic E-state index is 13.3. The third-order valence-electron chi connectivity index (χ3n) is 2.98. The molecular formula is C17H17ClFNO2S. The molecule has 0 fully saturated rings. The molecule has 23 heavy (non-hydrogen) atoms. The monoisotopic (exact) mass is 353 g/mol. The lowest BCUT2D eigenvalue weighted by molar-refractivity contribution is -0.123. The molecule has 0 aliphatic rings. The molecule has 2 aromatic rings. The first-order chi connectivity index (χ1) is 11.2. The largest absolute Gasteiger partial charge is 0.481 e. The van der Waals surface area contributed by atoms with Crippen LogP contribution in [0.25, 0.3) is 0 Å². The molecule has 1 amide bonds. The van der Waals surface area contributed by atoms with Crippen molar-refractivity contribution in [3.63, 3.8) is 0 Å². The highest BCUT2D eigenvalue weighted by Crippen LogP contribution is 2.20. The van der Waals surface area contributed by atoms with Crippen LogP contribution in [0.1, 0.15) is 5.56 Å². The van der Waals surface area contributed by atoms with E-state index in [-0.39, 0.29) is 18.3 Å². The summed E-state index contributed by atoms with van der Waals surface area (Å²) in [5.74, 6) is 0.885. The fraction of sp³-hybridized carbons (Fsp3) is 0.235. The fourth-order valence-electron chi connectivity index (χ4n) is 1.82. The van der Waals surface area contributed by atoms with Crippen molar-refractivity contribution in [3.05, 3.63) is 64.9 Å². The number of nitrogens with one attached hydrogen (secondary N) is 1. The van der Waals surface area contributed by atoms with E-state index in [4.69, 9.17) is 16.3 Å².